The van der Waals surface area contributed by atoms with Crippen LogP contribution in [0, 0.1) is 0 Å². The minimum atomic E-state index is -3.67. The molecule has 3 aromatic rings. The number of benzene rings is 3. The van der Waals surface area contributed by atoms with Gasteiger partial charge in [-0.25, -0.2) is 8.42 Å². The fraction of sp³-hybridized carbons (Fsp3) is 0.412. The van der Waals surface area contributed by atoms with Crippen LogP contribution in [0.2, 0.25) is 0 Å². The Bertz CT molecular complexity index is 1550. The highest BCUT2D eigenvalue weighted by Gasteiger charge is 2.31. The SMILES string of the molecule is CCC(C)NC(=O)C(Cc1ccccc1)N(Cc1cccc(OC)c1)C(=O)CCCN(c1ccc2c(c1)OCCO2)S(C)(=O)=O. The van der Waals surface area contributed by atoms with E-state index in [0.29, 0.717) is 42.6 Å². The van der Waals surface area contributed by atoms with E-state index >= 15 is 0 Å². The molecule has 0 radical (unpaired) electrons. The smallest absolute Gasteiger partial charge is 0.243 e. The molecule has 45 heavy (non-hydrogen) atoms. The summed E-state index contributed by atoms with van der Waals surface area (Å²) >= 11 is 0. The topological polar surface area (TPSA) is 114 Å². The number of anilines is 1. The second kappa shape index (κ2) is 15.7. The molecule has 0 bridgehead atoms. The second-order valence-corrected chi connectivity index (χ2v) is 13.1. The van der Waals surface area contributed by atoms with Gasteiger partial charge in [-0.3, -0.25) is 13.9 Å². The lowest BCUT2D eigenvalue weighted by Crippen LogP contribution is -2.52. The summed E-state index contributed by atoms with van der Waals surface area (Å²) in [6.07, 6.45) is 2.47. The van der Waals surface area contributed by atoms with E-state index in [1.807, 2.05) is 68.4 Å². The minimum absolute atomic E-state index is 0.0302. The van der Waals surface area contributed by atoms with Gasteiger partial charge in [-0.2, -0.15) is 0 Å². The number of carbonyl (C=O) groups excluding carboxylic acids is 2. The Morgan fingerprint density at radius 2 is 1.67 bits per heavy atom. The number of carbonyl (C=O) groups is 2. The lowest BCUT2D eigenvalue weighted by atomic mass is 10.0. The Balaban J connectivity index is 1.59. The van der Waals surface area contributed by atoms with Crippen LogP contribution in [0.25, 0.3) is 0 Å². The molecule has 242 valence electrons. The van der Waals surface area contributed by atoms with Crippen LogP contribution in [-0.2, 0) is 32.6 Å². The largest absolute Gasteiger partial charge is 0.497 e. The fourth-order valence-electron chi connectivity index (χ4n) is 5.15. The van der Waals surface area contributed by atoms with Gasteiger partial charge < -0.3 is 24.4 Å². The Morgan fingerprint density at radius 1 is 0.956 bits per heavy atom. The maximum Gasteiger partial charge on any atom is 0.243 e. The van der Waals surface area contributed by atoms with Crippen molar-refractivity contribution in [3.63, 3.8) is 0 Å². The quantitative estimate of drug-likeness (QED) is 0.260. The van der Waals surface area contributed by atoms with Gasteiger partial charge in [0, 0.05) is 38.0 Å². The molecule has 11 heteroatoms. The molecule has 2 unspecified atom stereocenters. The van der Waals surface area contributed by atoms with E-state index in [1.54, 1.807) is 30.2 Å². The molecule has 4 rings (SSSR count). The molecule has 0 saturated heterocycles. The van der Waals surface area contributed by atoms with Crippen molar-refractivity contribution < 1.29 is 32.2 Å². The molecule has 2 amide bonds. The normalized spacial score (nSPS) is 13.8. The monoisotopic (exact) mass is 637 g/mol. The molecule has 0 spiro atoms. The lowest BCUT2D eigenvalue weighted by molar-refractivity contribution is -0.141. The molecule has 1 aliphatic rings. The molecule has 10 nitrogen and oxygen atoms in total. The number of hydrogen-bond donors (Lipinski definition) is 1. The summed E-state index contributed by atoms with van der Waals surface area (Å²) < 4.78 is 43.6. The maximum absolute atomic E-state index is 14.1. The molecule has 0 aliphatic carbocycles. The van der Waals surface area contributed by atoms with Crippen molar-refractivity contribution in [2.24, 2.45) is 0 Å². The number of hydrogen-bond acceptors (Lipinski definition) is 7. The number of amides is 2. The average molecular weight is 638 g/mol. The summed E-state index contributed by atoms with van der Waals surface area (Å²) in [5, 5.41) is 3.07. The Labute approximate surface area is 266 Å². The second-order valence-electron chi connectivity index (χ2n) is 11.2. The molecule has 1 aliphatic heterocycles. The van der Waals surface area contributed by atoms with E-state index in [1.165, 1.54) is 4.31 Å². The summed E-state index contributed by atoms with van der Waals surface area (Å²) in [7, 11) is -2.09. The van der Waals surface area contributed by atoms with E-state index in [-0.39, 0.29) is 43.8 Å². The molecule has 3 aromatic carbocycles. The Hall–Kier alpha value is -4.25. The van der Waals surface area contributed by atoms with Gasteiger partial charge in [0.25, 0.3) is 0 Å². The molecule has 1 heterocycles. The predicted octanol–water partition coefficient (Wildman–Crippen LogP) is 4.57. The molecule has 0 saturated carbocycles. The Kier molecular flexibility index (Phi) is 11.7. The van der Waals surface area contributed by atoms with Gasteiger partial charge in [0.15, 0.2) is 11.5 Å². The summed E-state index contributed by atoms with van der Waals surface area (Å²) in [5.41, 5.74) is 2.16. The molecular formula is C34H43N3O7S. The van der Waals surface area contributed by atoms with Gasteiger partial charge in [-0.15, -0.1) is 0 Å². The average Bonchev–Trinajstić information content (AvgIpc) is 3.04. The van der Waals surface area contributed by atoms with E-state index < -0.39 is 16.1 Å². The van der Waals surface area contributed by atoms with E-state index in [4.69, 9.17) is 14.2 Å². The zero-order valence-corrected chi connectivity index (χ0v) is 27.2. The van der Waals surface area contributed by atoms with Crippen LogP contribution in [-0.4, -0.2) is 70.3 Å². The van der Waals surface area contributed by atoms with Gasteiger partial charge >= 0.3 is 0 Å². The Morgan fingerprint density at radius 3 is 2.36 bits per heavy atom. The number of methoxy groups -OCH3 is 1. The molecule has 0 fully saturated rings. The van der Waals surface area contributed by atoms with Crippen molar-refractivity contribution in [1.82, 2.24) is 10.2 Å². The molecule has 0 aromatic heterocycles. The number of rotatable bonds is 15. The van der Waals surface area contributed by atoms with Gasteiger partial charge in [0.05, 0.1) is 19.1 Å². The predicted molar refractivity (Wildman–Crippen MR) is 174 cm³/mol. The summed E-state index contributed by atoms with van der Waals surface area (Å²) in [6, 6.07) is 21.1. The van der Waals surface area contributed by atoms with Crippen molar-refractivity contribution in [3.8, 4) is 17.2 Å². The van der Waals surface area contributed by atoms with Crippen LogP contribution in [0.4, 0.5) is 5.69 Å². The number of ether oxygens (including phenoxy) is 3. The van der Waals surface area contributed by atoms with E-state index in [9.17, 15) is 18.0 Å². The van der Waals surface area contributed by atoms with Crippen LogP contribution in [0.3, 0.4) is 0 Å². The van der Waals surface area contributed by atoms with Crippen molar-refractivity contribution in [2.45, 2.75) is 58.2 Å². The first-order valence-electron chi connectivity index (χ1n) is 15.2. The number of fused-ring (bicyclic) bond motifs is 1. The minimum Gasteiger partial charge on any atom is -0.497 e. The lowest BCUT2D eigenvalue weighted by Gasteiger charge is -2.33. The van der Waals surface area contributed by atoms with Crippen molar-refractivity contribution in [1.29, 1.82) is 0 Å². The number of nitrogens with one attached hydrogen (secondary N) is 1. The zero-order valence-electron chi connectivity index (χ0n) is 26.4. The van der Waals surface area contributed by atoms with Gasteiger partial charge in [0.1, 0.15) is 25.0 Å². The highest BCUT2D eigenvalue weighted by Crippen LogP contribution is 2.35. The van der Waals surface area contributed by atoms with Crippen molar-refractivity contribution in [3.05, 3.63) is 83.9 Å². The summed E-state index contributed by atoms with van der Waals surface area (Å²) in [5.74, 6) is 1.19. The first-order valence-corrected chi connectivity index (χ1v) is 17.1. The first kappa shape index (κ1) is 33.6. The summed E-state index contributed by atoms with van der Waals surface area (Å²) in [6.45, 7) is 4.98. The van der Waals surface area contributed by atoms with E-state index in [0.717, 1.165) is 23.8 Å². The first-order chi connectivity index (χ1) is 21.6. The number of nitrogens with zero attached hydrogens (tertiary/aromatic N) is 2. The van der Waals surface area contributed by atoms with E-state index in [2.05, 4.69) is 5.32 Å². The van der Waals surface area contributed by atoms with Crippen LogP contribution in [0.5, 0.6) is 17.2 Å². The van der Waals surface area contributed by atoms with Crippen LogP contribution in [0.15, 0.2) is 72.8 Å². The van der Waals surface area contributed by atoms with Crippen molar-refractivity contribution in [2.75, 3.05) is 37.4 Å². The third-order valence-electron chi connectivity index (χ3n) is 7.73. The van der Waals surface area contributed by atoms with Gasteiger partial charge in [-0.1, -0.05) is 49.4 Å². The highest BCUT2D eigenvalue weighted by atomic mass is 32.2. The summed E-state index contributed by atoms with van der Waals surface area (Å²) in [4.78, 5) is 29.4. The zero-order chi connectivity index (χ0) is 32.4. The molecule has 2 atom stereocenters. The van der Waals surface area contributed by atoms with Crippen molar-refractivity contribution >= 4 is 27.5 Å². The third-order valence-corrected chi connectivity index (χ3v) is 8.92. The van der Waals surface area contributed by atoms with Crippen LogP contribution >= 0.6 is 0 Å². The standard InChI is InChI=1S/C34H43N3O7S/c1-5-25(2)35-34(39)30(22-26-11-7-6-8-12-26)36(24-27-13-9-14-29(21-27)42-3)33(38)15-10-18-37(45(4,40)41)28-16-17-31-32(23-28)44-20-19-43-31/h6-9,11-14,16-17,21,23,25,30H,5,10,15,18-20,22,24H2,1-4H3,(H,35,39). The molecular weight excluding hydrogens is 594 g/mol. The van der Waals surface area contributed by atoms with Crippen LogP contribution in [0.1, 0.15) is 44.2 Å². The third kappa shape index (κ3) is 9.37. The highest BCUT2D eigenvalue weighted by molar-refractivity contribution is 7.92. The van der Waals surface area contributed by atoms with Crippen LogP contribution < -0.4 is 23.8 Å². The molecule has 1 N–H and O–H groups in total. The number of sulfonamides is 1. The van der Waals surface area contributed by atoms with Gasteiger partial charge in [0.2, 0.25) is 21.8 Å². The fourth-order valence-corrected chi connectivity index (χ4v) is 6.11. The van der Waals surface area contributed by atoms with Gasteiger partial charge in [-0.05, 0) is 55.2 Å². The maximum atomic E-state index is 14.1.